The van der Waals surface area contributed by atoms with Gasteiger partial charge in [-0.15, -0.1) is 0 Å². The normalized spacial score (nSPS) is 41.9. The number of ether oxygens (including phenoxy) is 2. The maximum Gasteiger partial charge on any atom is 0.333 e. The standard InChI is InChI=1S/C29H40O8/c1-8-10-20(30)37-28-13-17(5)27-12-16(4)22(31)29(27,35)23(32)18(14-36-25(34)15(3)9-2)11-19(24(27)33)21(28)26(28,6)7/h9,11-12,17,19,21-23,31-32,35H,8,10,13-14H2,1-7H3/b15-9-/t17?,19-,21+,22-,23+,27?,28-,29+/m0/s1. The minimum absolute atomic E-state index is 0.146. The third kappa shape index (κ3) is 3.48. The number of carbonyl (C=O) groups is 3. The quantitative estimate of drug-likeness (QED) is 0.279. The molecule has 204 valence electrons. The lowest BCUT2D eigenvalue weighted by molar-refractivity contribution is -0.192. The molecule has 0 aliphatic heterocycles. The molecule has 0 saturated heterocycles. The zero-order valence-corrected chi connectivity index (χ0v) is 22.8. The summed E-state index contributed by atoms with van der Waals surface area (Å²) in [4.78, 5) is 39.6. The van der Waals surface area contributed by atoms with Crippen LogP contribution in [0.4, 0.5) is 0 Å². The Morgan fingerprint density at radius 1 is 1.22 bits per heavy atom. The van der Waals surface area contributed by atoms with Crippen molar-refractivity contribution in [1.82, 2.24) is 0 Å². The number of Topliss-reactive ketones (excluding diaryl/α,β-unsaturated/α-hetero) is 1. The van der Waals surface area contributed by atoms with Crippen molar-refractivity contribution < 1.29 is 39.2 Å². The molecule has 4 aliphatic rings. The van der Waals surface area contributed by atoms with Gasteiger partial charge in [0.2, 0.25) is 0 Å². The van der Waals surface area contributed by atoms with E-state index in [2.05, 4.69) is 0 Å². The number of fused-ring (bicyclic) bond motifs is 3. The van der Waals surface area contributed by atoms with Crippen molar-refractivity contribution in [3.63, 3.8) is 0 Å². The fourth-order valence-corrected chi connectivity index (χ4v) is 7.56. The number of ketones is 1. The smallest absolute Gasteiger partial charge is 0.333 e. The predicted octanol–water partition coefficient (Wildman–Crippen LogP) is 2.80. The second-order valence-corrected chi connectivity index (χ2v) is 12.0. The summed E-state index contributed by atoms with van der Waals surface area (Å²) in [5.41, 5.74) is -4.47. The van der Waals surface area contributed by atoms with Crippen LogP contribution in [-0.2, 0) is 23.9 Å². The van der Waals surface area contributed by atoms with Crippen LogP contribution in [0.2, 0.25) is 0 Å². The van der Waals surface area contributed by atoms with E-state index in [9.17, 15) is 29.7 Å². The summed E-state index contributed by atoms with van der Waals surface area (Å²) >= 11 is 0. The van der Waals surface area contributed by atoms with Gasteiger partial charge in [0.1, 0.15) is 30.0 Å². The van der Waals surface area contributed by atoms with E-state index in [1.807, 2.05) is 20.8 Å². The lowest BCUT2D eigenvalue weighted by Gasteiger charge is -2.48. The third-order valence-corrected chi connectivity index (χ3v) is 9.75. The van der Waals surface area contributed by atoms with Crippen molar-refractivity contribution in [3.8, 4) is 0 Å². The van der Waals surface area contributed by atoms with E-state index in [4.69, 9.17) is 9.47 Å². The van der Waals surface area contributed by atoms with Crippen LogP contribution in [0.15, 0.2) is 34.9 Å². The van der Waals surface area contributed by atoms with E-state index in [1.54, 1.807) is 45.9 Å². The molecule has 0 heterocycles. The van der Waals surface area contributed by atoms with Crippen LogP contribution in [0.3, 0.4) is 0 Å². The van der Waals surface area contributed by atoms with Gasteiger partial charge in [0.05, 0.1) is 5.41 Å². The molecule has 0 aromatic heterocycles. The molecule has 2 fully saturated rings. The highest BCUT2D eigenvalue weighted by Gasteiger charge is 2.83. The summed E-state index contributed by atoms with van der Waals surface area (Å²) in [6.07, 6.45) is 2.80. The number of hydrogen-bond acceptors (Lipinski definition) is 8. The number of aliphatic hydroxyl groups excluding tert-OH is 2. The Bertz CT molecular complexity index is 1110. The van der Waals surface area contributed by atoms with Gasteiger partial charge in [-0.25, -0.2) is 4.79 Å². The molecule has 4 aliphatic carbocycles. The molecule has 8 atom stereocenters. The molecule has 2 unspecified atom stereocenters. The van der Waals surface area contributed by atoms with Gasteiger partial charge in [0, 0.05) is 29.2 Å². The number of aliphatic hydroxyl groups is 3. The van der Waals surface area contributed by atoms with Crippen LogP contribution < -0.4 is 0 Å². The minimum atomic E-state index is -2.27. The lowest BCUT2D eigenvalue weighted by Crippen LogP contribution is -2.65. The molecule has 37 heavy (non-hydrogen) atoms. The van der Waals surface area contributed by atoms with Crippen LogP contribution >= 0.6 is 0 Å². The predicted molar refractivity (Wildman–Crippen MR) is 135 cm³/mol. The Morgan fingerprint density at radius 2 is 1.86 bits per heavy atom. The largest absolute Gasteiger partial charge is 0.458 e. The van der Waals surface area contributed by atoms with Gasteiger partial charge in [-0.3, -0.25) is 9.59 Å². The summed E-state index contributed by atoms with van der Waals surface area (Å²) in [6, 6.07) is 0. The summed E-state index contributed by atoms with van der Waals surface area (Å²) < 4.78 is 11.6. The summed E-state index contributed by atoms with van der Waals surface area (Å²) in [7, 11) is 0. The average Bonchev–Trinajstić information content (AvgIpc) is 3.25. The van der Waals surface area contributed by atoms with Crippen molar-refractivity contribution in [3.05, 3.63) is 34.9 Å². The minimum Gasteiger partial charge on any atom is -0.458 e. The molecule has 0 amide bonds. The number of allylic oxidation sites excluding steroid dienone is 2. The second-order valence-electron chi connectivity index (χ2n) is 12.0. The molecule has 0 aromatic rings. The highest BCUT2D eigenvalue weighted by Crippen LogP contribution is 2.75. The number of carbonyl (C=O) groups excluding carboxylic acids is 3. The first kappa shape index (κ1) is 27.7. The first-order chi connectivity index (χ1) is 17.2. The zero-order chi connectivity index (χ0) is 27.7. The molecule has 2 saturated carbocycles. The van der Waals surface area contributed by atoms with Crippen LogP contribution in [0, 0.1) is 28.6 Å². The fraction of sp³-hybridized carbons (Fsp3) is 0.690. The maximum absolute atomic E-state index is 14.5. The number of rotatable bonds is 6. The Labute approximate surface area is 218 Å². The molecule has 2 bridgehead atoms. The maximum atomic E-state index is 14.5. The van der Waals surface area contributed by atoms with Gasteiger partial charge >= 0.3 is 11.9 Å². The molecular formula is C29H40O8. The van der Waals surface area contributed by atoms with Gasteiger partial charge in [-0.05, 0) is 50.7 Å². The van der Waals surface area contributed by atoms with Crippen LogP contribution in [0.1, 0.15) is 67.7 Å². The van der Waals surface area contributed by atoms with Gasteiger partial charge < -0.3 is 24.8 Å². The first-order valence-corrected chi connectivity index (χ1v) is 13.2. The Hall–Kier alpha value is -2.29. The SMILES string of the molecule is C/C=C(/C)C(=O)OCC1=C[C@@H]2C(=O)C3(C=C(C)[C@H](O)[C@@]3(O)[C@@H]1O)C(C)C[C@]1(OC(=O)CCC)[C@H]2C1(C)C. The van der Waals surface area contributed by atoms with E-state index in [0.29, 0.717) is 24.0 Å². The summed E-state index contributed by atoms with van der Waals surface area (Å²) in [6.45, 7) is 12.2. The Morgan fingerprint density at radius 3 is 2.46 bits per heavy atom. The molecule has 3 N–H and O–H groups in total. The van der Waals surface area contributed by atoms with Gasteiger partial charge in [0.25, 0.3) is 0 Å². The molecule has 0 radical (unpaired) electrons. The second kappa shape index (κ2) is 8.89. The lowest BCUT2D eigenvalue weighted by atomic mass is 9.59. The van der Waals surface area contributed by atoms with E-state index in [0.717, 1.165) is 0 Å². The topological polar surface area (TPSA) is 130 Å². The third-order valence-electron chi connectivity index (χ3n) is 9.75. The molecule has 8 heteroatoms. The van der Waals surface area contributed by atoms with Crippen molar-refractivity contribution in [2.24, 2.45) is 28.6 Å². The molecule has 4 rings (SSSR count). The number of esters is 2. The summed E-state index contributed by atoms with van der Waals surface area (Å²) in [5, 5.41) is 35.0. The zero-order valence-electron chi connectivity index (χ0n) is 22.8. The molecular weight excluding hydrogens is 476 g/mol. The molecule has 8 nitrogen and oxygen atoms in total. The Balaban J connectivity index is 1.88. The van der Waals surface area contributed by atoms with Crippen LogP contribution in [0.25, 0.3) is 0 Å². The van der Waals surface area contributed by atoms with Crippen LogP contribution in [0.5, 0.6) is 0 Å². The van der Waals surface area contributed by atoms with Gasteiger partial charge in [-0.2, -0.15) is 0 Å². The highest BCUT2D eigenvalue weighted by molar-refractivity contribution is 5.96. The van der Waals surface area contributed by atoms with Crippen LogP contribution in [-0.4, -0.2) is 63.1 Å². The highest BCUT2D eigenvalue weighted by atomic mass is 16.6. The first-order valence-electron chi connectivity index (χ1n) is 13.2. The van der Waals surface area contributed by atoms with Crippen molar-refractivity contribution in [2.45, 2.75) is 91.1 Å². The van der Waals surface area contributed by atoms with E-state index >= 15 is 0 Å². The average molecular weight is 517 g/mol. The van der Waals surface area contributed by atoms with Gasteiger partial charge in [-0.1, -0.05) is 45.9 Å². The molecule has 0 aromatic carbocycles. The summed E-state index contributed by atoms with van der Waals surface area (Å²) in [5.74, 6) is -3.05. The van der Waals surface area contributed by atoms with E-state index in [-0.39, 0.29) is 30.4 Å². The Kier molecular flexibility index (Phi) is 6.66. The van der Waals surface area contributed by atoms with Gasteiger partial charge in [0.15, 0.2) is 5.78 Å². The van der Waals surface area contributed by atoms with Crippen molar-refractivity contribution >= 4 is 17.7 Å². The van der Waals surface area contributed by atoms with Crippen molar-refractivity contribution in [1.29, 1.82) is 0 Å². The van der Waals surface area contributed by atoms with E-state index in [1.165, 1.54) is 0 Å². The van der Waals surface area contributed by atoms with E-state index < -0.39 is 58.0 Å². The van der Waals surface area contributed by atoms with Crippen molar-refractivity contribution in [2.75, 3.05) is 6.61 Å². The number of hydrogen-bond donors (Lipinski definition) is 3. The molecule has 1 spiro atoms. The fourth-order valence-electron chi connectivity index (χ4n) is 7.56. The monoisotopic (exact) mass is 516 g/mol.